The molecule has 0 aromatic heterocycles. The Labute approximate surface area is 118 Å². The first-order chi connectivity index (χ1) is 9.53. The van der Waals surface area contributed by atoms with Crippen LogP contribution >= 0.6 is 0 Å². The maximum absolute atomic E-state index is 11.6. The van der Waals surface area contributed by atoms with Gasteiger partial charge >= 0.3 is 11.9 Å². The molecule has 0 spiro atoms. The van der Waals surface area contributed by atoms with E-state index < -0.39 is 11.9 Å². The molecule has 0 radical (unpaired) electrons. The molecule has 0 heterocycles. The molecule has 1 rings (SSSR count). The molecule has 1 N–H and O–H groups in total. The fourth-order valence-corrected chi connectivity index (χ4v) is 1.55. The lowest BCUT2D eigenvalue weighted by atomic mass is 9.92. The summed E-state index contributed by atoms with van der Waals surface area (Å²) in [4.78, 5) is 22.9. The van der Waals surface area contributed by atoms with Crippen molar-refractivity contribution in [3.05, 3.63) is 30.0 Å². The Kier molecular flexibility index (Phi) is 5.64. The van der Waals surface area contributed by atoms with Crippen molar-refractivity contribution in [1.82, 2.24) is 0 Å². The molecule has 0 amide bonds. The Morgan fingerprint density at radius 1 is 1.20 bits per heavy atom. The normalized spacial score (nSPS) is 10.7. The highest BCUT2D eigenvalue weighted by Crippen LogP contribution is 2.15. The standard InChI is InChI=1S/C13H16BNO5/c1-18-10-6-4-5-8(12(10)14)15-9(13(17)20-3)7-11(16)19-2/h4-7,15H,14H2,1-3H3/b9-7+. The van der Waals surface area contributed by atoms with Crippen molar-refractivity contribution in [2.75, 3.05) is 26.6 Å². The third-order valence-corrected chi connectivity index (χ3v) is 2.64. The second-order valence-electron chi connectivity index (χ2n) is 3.83. The summed E-state index contributed by atoms with van der Waals surface area (Å²) in [5, 5.41) is 2.84. The minimum Gasteiger partial charge on any atom is -0.497 e. The van der Waals surface area contributed by atoms with Crippen molar-refractivity contribution in [1.29, 1.82) is 0 Å². The average molecular weight is 277 g/mol. The lowest BCUT2D eigenvalue weighted by Gasteiger charge is -2.13. The lowest BCUT2D eigenvalue weighted by Crippen LogP contribution is -2.20. The first-order valence-electron chi connectivity index (χ1n) is 5.82. The molecule has 0 aliphatic rings. The summed E-state index contributed by atoms with van der Waals surface area (Å²) >= 11 is 0. The highest BCUT2D eigenvalue weighted by molar-refractivity contribution is 6.38. The third-order valence-electron chi connectivity index (χ3n) is 2.64. The van der Waals surface area contributed by atoms with E-state index >= 15 is 0 Å². The monoisotopic (exact) mass is 277 g/mol. The van der Waals surface area contributed by atoms with E-state index in [1.165, 1.54) is 14.2 Å². The largest absolute Gasteiger partial charge is 0.497 e. The average Bonchev–Trinajstić information content (AvgIpc) is 2.47. The van der Waals surface area contributed by atoms with Crippen molar-refractivity contribution in [2.45, 2.75) is 0 Å². The number of carbonyl (C=O) groups excluding carboxylic acids is 2. The maximum atomic E-state index is 11.6. The van der Waals surface area contributed by atoms with Gasteiger partial charge in [0.15, 0.2) is 0 Å². The second kappa shape index (κ2) is 7.23. The minimum absolute atomic E-state index is 0.0179. The van der Waals surface area contributed by atoms with Gasteiger partial charge in [-0.15, -0.1) is 0 Å². The summed E-state index contributed by atoms with van der Waals surface area (Å²) in [6.45, 7) is 0. The van der Waals surface area contributed by atoms with Crippen molar-refractivity contribution >= 4 is 30.9 Å². The number of rotatable bonds is 5. The van der Waals surface area contributed by atoms with E-state index in [4.69, 9.17) is 4.74 Å². The van der Waals surface area contributed by atoms with Crippen LogP contribution in [-0.4, -0.2) is 41.1 Å². The number of carbonyl (C=O) groups is 2. The van der Waals surface area contributed by atoms with Crippen molar-refractivity contribution < 1.29 is 23.8 Å². The first-order valence-corrected chi connectivity index (χ1v) is 5.82. The van der Waals surface area contributed by atoms with Crippen molar-refractivity contribution in [2.24, 2.45) is 0 Å². The zero-order chi connectivity index (χ0) is 15.1. The van der Waals surface area contributed by atoms with Crippen LogP contribution in [-0.2, 0) is 19.1 Å². The third kappa shape index (κ3) is 3.78. The van der Waals surface area contributed by atoms with E-state index in [2.05, 4.69) is 14.8 Å². The van der Waals surface area contributed by atoms with Crippen LogP contribution in [0.25, 0.3) is 0 Å². The molecule has 0 unspecified atom stereocenters. The topological polar surface area (TPSA) is 73.9 Å². The number of ether oxygens (including phenoxy) is 3. The fraction of sp³-hybridized carbons (Fsp3) is 0.231. The Balaban J connectivity index is 3.11. The lowest BCUT2D eigenvalue weighted by molar-refractivity contribution is -0.138. The number of nitrogens with one attached hydrogen (secondary N) is 1. The van der Waals surface area contributed by atoms with Crippen molar-refractivity contribution in [3.8, 4) is 5.75 Å². The van der Waals surface area contributed by atoms with Gasteiger partial charge in [0.2, 0.25) is 0 Å². The molecule has 106 valence electrons. The van der Waals surface area contributed by atoms with Crippen LogP contribution in [0.5, 0.6) is 5.75 Å². The summed E-state index contributed by atoms with van der Waals surface area (Å²) in [6.07, 6.45) is 1.03. The Bertz CT molecular complexity index is 542. The number of hydrogen-bond acceptors (Lipinski definition) is 6. The van der Waals surface area contributed by atoms with Gasteiger partial charge in [-0.1, -0.05) is 6.07 Å². The van der Waals surface area contributed by atoms with Gasteiger partial charge in [0.25, 0.3) is 0 Å². The van der Waals surface area contributed by atoms with E-state index in [9.17, 15) is 9.59 Å². The van der Waals surface area contributed by atoms with E-state index in [0.29, 0.717) is 11.4 Å². The SMILES string of the molecule is Bc1c(N/C(=C/C(=O)OC)C(=O)OC)cccc1OC. The predicted octanol–water partition coefficient (Wildman–Crippen LogP) is -0.405. The molecule has 7 heteroatoms. The van der Waals surface area contributed by atoms with Crippen LogP contribution in [0.1, 0.15) is 0 Å². The molecule has 0 atom stereocenters. The van der Waals surface area contributed by atoms with Crippen LogP contribution in [0.2, 0.25) is 0 Å². The van der Waals surface area contributed by atoms with Gasteiger partial charge in [-0.25, -0.2) is 9.59 Å². The minimum atomic E-state index is -0.669. The number of hydrogen-bond donors (Lipinski definition) is 1. The van der Waals surface area contributed by atoms with Crippen LogP contribution in [0, 0.1) is 0 Å². The van der Waals surface area contributed by atoms with Gasteiger partial charge in [0, 0.05) is 5.69 Å². The molecule has 0 fully saturated rings. The Morgan fingerprint density at radius 3 is 2.45 bits per heavy atom. The first kappa shape index (κ1) is 15.6. The van der Waals surface area contributed by atoms with Crippen LogP contribution in [0.3, 0.4) is 0 Å². The Hall–Kier alpha value is -2.44. The van der Waals surface area contributed by atoms with E-state index in [1.807, 2.05) is 7.85 Å². The van der Waals surface area contributed by atoms with Gasteiger partial charge in [0.05, 0.1) is 27.4 Å². The highest BCUT2D eigenvalue weighted by Gasteiger charge is 2.14. The van der Waals surface area contributed by atoms with E-state index in [1.54, 1.807) is 25.3 Å². The van der Waals surface area contributed by atoms with Gasteiger partial charge in [-0.3, -0.25) is 0 Å². The van der Waals surface area contributed by atoms with Crippen molar-refractivity contribution in [3.63, 3.8) is 0 Å². The van der Waals surface area contributed by atoms with Crippen LogP contribution in [0.15, 0.2) is 30.0 Å². The quantitative estimate of drug-likeness (QED) is 0.448. The summed E-state index contributed by atoms with van der Waals surface area (Å²) in [5.41, 5.74) is 1.41. The molecular weight excluding hydrogens is 261 g/mol. The molecule has 0 saturated carbocycles. The summed E-state index contributed by atoms with van der Waals surface area (Å²) in [6, 6.07) is 5.31. The van der Waals surface area contributed by atoms with Crippen LogP contribution < -0.4 is 15.5 Å². The zero-order valence-corrected chi connectivity index (χ0v) is 11.9. The molecule has 20 heavy (non-hydrogen) atoms. The zero-order valence-electron chi connectivity index (χ0n) is 11.9. The Morgan fingerprint density at radius 2 is 1.90 bits per heavy atom. The summed E-state index contributed by atoms with van der Waals surface area (Å²) in [5.74, 6) is -0.659. The van der Waals surface area contributed by atoms with E-state index in [-0.39, 0.29) is 5.70 Å². The summed E-state index contributed by atoms with van der Waals surface area (Å²) in [7, 11) is 5.84. The molecular formula is C13H16BNO5. The number of anilines is 1. The molecule has 1 aromatic rings. The fourth-order valence-electron chi connectivity index (χ4n) is 1.55. The van der Waals surface area contributed by atoms with Gasteiger partial charge < -0.3 is 19.5 Å². The van der Waals surface area contributed by atoms with Gasteiger partial charge in [0.1, 0.15) is 19.3 Å². The molecule has 1 aromatic carbocycles. The number of methoxy groups -OCH3 is 3. The molecule has 6 nitrogen and oxygen atoms in total. The molecule has 0 aliphatic carbocycles. The van der Waals surface area contributed by atoms with E-state index in [0.717, 1.165) is 11.5 Å². The smallest absolute Gasteiger partial charge is 0.354 e. The highest BCUT2D eigenvalue weighted by atomic mass is 16.5. The number of benzene rings is 1. The summed E-state index contributed by atoms with van der Waals surface area (Å²) < 4.78 is 14.3. The molecule has 0 bridgehead atoms. The second-order valence-corrected chi connectivity index (χ2v) is 3.83. The molecule has 0 saturated heterocycles. The number of esters is 2. The van der Waals surface area contributed by atoms with Gasteiger partial charge in [-0.2, -0.15) is 0 Å². The van der Waals surface area contributed by atoms with Crippen LogP contribution in [0.4, 0.5) is 5.69 Å². The van der Waals surface area contributed by atoms with Gasteiger partial charge in [-0.05, 0) is 17.6 Å². The molecule has 0 aliphatic heterocycles. The maximum Gasteiger partial charge on any atom is 0.354 e. The predicted molar refractivity (Wildman–Crippen MR) is 76.9 cm³/mol.